The predicted molar refractivity (Wildman–Crippen MR) is 116 cm³/mol. The molecule has 146 valence electrons. The Morgan fingerprint density at radius 1 is 1.15 bits per heavy atom. The lowest BCUT2D eigenvalue weighted by molar-refractivity contribution is -0.118. The number of benzene rings is 2. The van der Waals surface area contributed by atoms with Crippen LogP contribution in [0.3, 0.4) is 0 Å². The standard InChI is InChI=1S/C21H25Cl2NO2S/c1-15(2)26-17-8-3-6-16(12-17)7-5-11-24-21(25)14-27-13-18-19(22)9-4-10-20(18)23/h3-4,6,8-10,12,15H,5,7,11,13-14H2,1-2H3,(H,24,25). The van der Waals surface area contributed by atoms with E-state index in [0.717, 1.165) is 24.2 Å². The van der Waals surface area contributed by atoms with Crippen LogP contribution in [0, 0.1) is 0 Å². The molecular weight excluding hydrogens is 401 g/mol. The molecule has 0 spiro atoms. The van der Waals surface area contributed by atoms with E-state index in [1.54, 1.807) is 0 Å². The highest BCUT2D eigenvalue weighted by Gasteiger charge is 2.07. The second-order valence-corrected chi connectivity index (χ2v) is 8.26. The van der Waals surface area contributed by atoms with Gasteiger partial charge in [-0.25, -0.2) is 0 Å². The summed E-state index contributed by atoms with van der Waals surface area (Å²) in [5.41, 5.74) is 2.09. The van der Waals surface area contributed by atoms with Gasteiger partial charge < -0.3 is 10.1 Å². The number of nitrogens with one attached hydrogen (secondary N) is 1. The monoisotopic (exact) mass is 425 g/mol. The van der Waals surface area contributed by atoms with Crippen molar-refractivity contribution in [2.75, 3.05) is 12.3 Å². The van der Waals surface area contributed by atoms with Gasteiger partial charge in [0.25, 0.3) is 0 Å². The molecule has 0 saturated carbocycles. The first-order chi connectivity index (χ1) is 13.0. The van der Waals surface area contributed by atoms with Crippen molar-refractivity contribution in [3.63, 3.8) is 0 Å². The number of hydrogen-bond acceptors (Lipinski definition) is 3. The van der Waals surface area contributed by atoms with E-state index >= 15 is 0 Å². The highest BCUT2D eigenvalue weighted by atomic mass is 35.5. The maximum Gasteiger partial charge on any atom is 0.230 e. The van der Waals surface area contributed by atoms with E-state index in [2.05, 4.69) is 17.4 Å². The summed E-state index contributed by atoms with van der Waals surface area (Å²) in [5, 5.41) is 4.23. The lowest BCUT2D eigenvalue weighted by Crippen LogP contribution is -2.26. The molecule has 1 N–H and O–H groups in total. The third-order valence-corrected chi connectivity index (χ3v) is 5.44. The summed E-state index contributed by atoms with van der Waals surface area (Å²) in [6.07, 6.45) is 1.95. The molecular formula is C21H25Cl2NO2S. The summed E-state index contributed by atoms with van der Waals surface area (Å²) in [7, 11) is 0. The highest BCUT2D eigenvalue weighted by Crippen LogP contribution is 2.28. The topological polar surface area (TPSA) is 38.3 Å². The Bertz CT molecular complexity index is 732. The van der Waals surface area contributed by atoms with E-state index in [9.17, 15) is 4.79 Å². The maximum absolute atomic E-state index is 12.0. The molecule has 27 heavy (non-hydrogen) atoms. The summed E-state index contributed by atoms with van der Waals surface area (Å²) in [6, 6.07) is 13.5. The van der Waals surface area contributed by atoms with Gasteiger partial charge in [0.15, 0.2) is 0 Å². The van der Waals surface area contributed by atoms with Gasteiger partial charge in [-0.2, -0.15) is 0 Å². The average Bonchev–Trinajstić information content (AvgIpc) is 2.61. The Balaban J connectivity index is 1.65. The van der Waals surface area contributed by atoms with Crippen molar-refractivity contribution in [3.05, 3.63) is 63.6 Å². The molecule has 0 heterocycles. The Hall–Kier alpha value is -1.36. The number of amides is 1. The number of aryl methyl sites for hydroxylation is 1. The molecule has 0 aliphatic rings. The second kappa shape index (κ2) is 11.5. The number of carbonyl (C=O) groups is 1. The first-order valence-corrected chi connectivity index (χ1v) is 10.9. The summed E-state index contributed by atoms with van der Waals surface area (Å²) in [5.74, 6) is 1.93. The first kappa shape index (κ1) is 21.9. The molecule has 2 aromatic rings. The van der Waals surface area contributed by atoms with Crippen LogP contribution in [0.5, 0.6) is 5.75 Å². The lowest BCUT2D eigenvalue weighted by atomic mass is 10.1. The van der Waals surface area contributed by atoms with Crippen LogP contribution in [0.4, 0.5) is 0 Å². The van der Waals surface area contributed by atoms with E-state index in [1.807, 2.05) is 44.2 Å². The fourth-order valence-electron chi connectivity index (χ4n) is 2.53. The van der Waals surface area contributed by atoms with Crippen LogP contribution in [-0.2, 0) is 17.0 Å². The van der Waals surface area contributed by atoms with Gasteiger partial charge >= 0.3 is 0 Å². The summed E-state index contributed by atoms with van der Waals surface area (Å²) < 4.78 is 5.71. The molecule has 3 nitrogen and oxygen atoms in total. The molecule has 0 aliphatic heterocycles. The largest absolute Gasteiger partial charge is 0.491 e. The third-order valence-electron chi connectivity index (χ3n) is 3.78. The Kier molecular flexibility index (Phi) is 9.32. The van der Waals surface area contributed by atoms with Gasteiger partial charge in [-0.3, -0.25) is 4.79 Å². The van der Waals surface area contributed by atoms with Crippen LogP contribution < -0.4 is 10.1 Å². The number of halogens is 2. The highest BCUT2D eigenvalue weighted by molar-refractivity contribution is 7.99. The van der Waals surface area contributed by atoms with Crippen LogP contribution in [0.2, 0.25) is 10.0 Å². The van der Waals surface area contributed by atoms with Crippen LogP contribution in [0.15, 0.2) is 42.5 Å². The third kappa shape index (κ3) is 8.04. The van der Waals surface area contributed by atoms with E-state index < -0.39 is 0 Å². The molecule has 0 atom stereocenters. The van der Waals surface area contributed by atoms with E-state index in [4.69, 9.17) is 27.9 Å². The number of ether oxygens (including phenoxy) is 1. The summed E-state index contributed by atoms with van der Waals surface area (Å²) in [4.78, 5) is 12.0. The number of carbonyl (C=O) groups excluding carboxylic acids is 1. The summed E-state index contributed by atoms with van der Waals surface area (Å²) >= 11 is 13.8. The average molecular weight is 426 g/mol. The van der Waals surface area contributed by atoms with Crippen molar-refractivity contribution in [2.24, 2.45) is 0 Å². The zero-order chi connectivity index (χ0) is 19.6. The normalized spacial score (nSPS) is 10.9. The smallest absolute Gasteiger partial charge is 0.230 e. The molecule has 0 unspecified atom stereocenters. The molecule has 1 amide bonds. The SMILES string of the molecule is CC(C)Oc1cccc(CCCNC(=O)CSCc2c(Cl)cccc2Cl)c1. The zero-order valence-corrected chi connectivity index (χ0v) is 18.0. The van der Waals surface area contributed by atoms with Gasteiger partial charge in [0.1, 0.15) is 5.75 Å². The Morgan fingerprint density at radius 3 is 2.56 bits per heavy atom. The fraction of sp³-hybridized carbons (Fsp3) is 0.381. The van der Waals surface area contributed by atoms with Crippen LogP contribution in [0.25, 0.3) is 0 Å². The molecule has 2 rings (SSSR count). The quantitative estimate of drug-likeness (QED) is 0.491. The van der Waals surface area contributed by atoms with Crippen molar-refractivity contribution in [2.45, 2.75) is 38.5 Å². The van der Waals surface area contributed by atoms with Gasteiger partial charge in [-0.05, 0) is 62.1 Å². The van der Waals surface area contributed by atoms with Crippen molar-refractivity contribution in [1.82, 2.24) is 5.32 Å². The molecule has 0 saturated heterocycles. The molecule has 0 aliphatic carbocycles. The molecule has 0 fully saturated rings. The fourth-order valence-corrected chi connectivity index (χ4v) is 4.13. The molecule has 2 aromatic carbocycles. The number of rotatable bonds is 10. The zero-order valence-electron chi connectivity index (χ0n) is 15.6. The van der Waals surface area contributed by atoms with Gasteiger partial charge in [0.05, 0.1) is 11.9 Å². The van der Waals surface area contributed by atoms with Gasteiger partial charge in [-0.15, -0.1) is 11.8 Å². The number of hydrogen-bond donors (Lipinski definition) is 1. The lowest BCUT2D eigenvalue weighted by Gasteiger charge is -2.11. The van der Waals surface area contributed by atoms with Crippen LogP contribution in [0.1, 0.15) is 31.4 Å². The van der Waals surface area contributed by atoms with Gasteiger partial charge in [-0.1, -0.05) is 41.4 Å². The Labute approximate surface area is 175 Å². The molecule has 6 heteroatoms. The minimum atomic E-state index is 0.0278. The minimum absolute atomic E-state index is 0.0278. The number of thioether (sulfide) groups is 1. The van der Waals surface area contributed by atoms with Crippen molar-refractivity contribution in [1.29, 1.82) is 0 Å². The van der Waals surface area contributed by atoms with Crippen molar-refractivity contribution in [3.8, 4) is 5.75 Å². The minimum Gasteiger partial charge on any atom is -0.491 e. The van der Waals surface area contributed by atoms with Crippen molar-refractivity contribution < 1.29 is 9.53 Å². The van der Waals surface area contributed by atoms with Crippen LogP contribution >= 0.6 is 35.0 Å². The van der Waals surface area contributed by atoms with Gasteiger partial charge in [0, 0.05) is 22.3 Å². The van der Waals surface area contributed by atoms with Crippen molar-refractivity contribution >= 4 is 40.9 Å². The molecule has 0 bridgehead atoms. The predicted octanol–water partition coefficient (Wildman–Crippen LogP) is 5.76. The van der Waals surface area contributed by atoms with E-state index in [-0.39, 0.29) is 12.0 Å². The Morgan fingerprint density at radius 2 is 1.85 bits per heavy atom. The van der Waals surface area contributed by atoms with Crippen LogP contribution in [-0.4, -0.2) is 24.3 Å². The molecule has 0 radical (unpaired) electrons. The van der Waals surface area contributed by atoms with E-state index in [0.29, 0.717) is 28.1 Å². The summed E-state index contributed by atoms with van der Waals surface area (Å²) in [6.45, 7) is 4.68. The van der Waals surface area contributed by atoms with E-state index in [1.165, 1.54) is 17.3 Å². The molecule has 0 aromatic heterocycles. The maximum atomic E-state index is 12.0. The van der Waals surface area contributed by atoms with Gasteiger partial charge in [0.2, 0.25) is 5.91 Å². The second-order valence-electron chi connectivity index (χ2n) is 6.46. The first-order valence-electron chi connectivity index (χ1n) is 8.98.